The van der Waals surface area contributed by atoms with E-state index in [1.54, 1.807) is 0 Å². The lowest BCUT2D eigenvalue weighted by Crippen LogP contribution is -2.31. The standard InChI is InChI=1S/C3H9N2O2S/c1-4-8(6,7)5(2)3/h4H,1H2,2-3H3. The maximum atomic E-state index is 10.5. The van der Waals surface area contributed by atoms with Crippen molar-refractivity contribution >= 4 is 10.2 Å². The van der Waals surface area contributed by atoms with Gasteiger partial charge < -0.3 is 0 Å². The first kappa shape index (κ1) is 7.87. The monoisotopic (exact) mass is 137 g/mol. The molecule has 8 heavy (non-hydrogen) atoms. The minimum absolute atomic E-state index is 1.04. The molecule has 0 unspecified atom stereocenters. The molecular weight excluding hydrogens is 128 g/mol. The van der Waals surface area contributed by atoms with E-state index in [9.17, 15) is 8.42 Å². The van der Waals surface area contributed by atoms with E-state index < -0.39 is 10.2 Å². The van der Waals surface area contributed by atoms with Crippen LogP contribution in [0.1, 0.15) is 0 Å². The molecule has 0 aliphatic rings. The van der Waals surface area contributed by atoms with Gasteiger partial charge in [0.1, 0.15) is 0 Å². The Kier molecular flexibility index (Phi) is 2.39. The molecule has 0 heterocycles. The Balaban J connectivity index is 4.17. The number of hydrogen-bond donors (Lipinski definition) is 1. The van der Waals surface area contributed by atoms with Gasteiger partial charge in [-0.15, -0.1) is 0 Å². The molecule has 0 aromatic rings. The van der Waals surface area contributed by atoms with Gasteiger partial charge in [0, 0.05) is 21.1 Å². The van der Waals surface area contributed by atoms with Gasteiger partial charge in [-0.3, -0.25) is 0 Å². The van der Waals surface area contributed by atoms with Crippen molar-refractivity contribution < 1.29 is 8.42 Å². The summed E-state index contributed by atoms with van der Waals surface area (Å²) in [6.45, 7) is 0. The smallest absolute Gasteiger partial charge is 0.201 e. The largest absolute Gasteiger partial charge is 0.278 e. The van der Waals surface area contributed by atoms with Crippen LogP contribution in [0, 0.1) is 7.05 Å². The molecule has 0 aromatic carbocycles. The zero-order chi connectivity index (χ0) is 6.78. The predicted molar refractivity (Wildman–Crippen MR) is 31.1 cm³/mol. The van der Waals surface area contributed by atoms with Crippen molar-refractivity contribution in [1.82, 2.24) is 9.03 Å². The van der Waals surface area contributed by atoms with Gasteiger partial charge >= 0.3 is 0 Å². The average Bonchev–Trinajstić information content (AvgIpc) is 1.67. The highest BCUT2D eigenvalue weighted by atomic mass is 32.2. The second-order valence-electron chi connectivity index (χ2n) is 1.43. The Hall–Kier alpha value is -0.130. The van der Waals surface area contributed by atoms with Gasteiger partial charge in [-0.05, 0) is 0 Å². The summed E-state index contributed by atoms with van der Waals surface area (Å²) in [6.07, 6.45) is 0. The lowest BCUT2D eigenvalue weighted by molar-refractivity contribution is 0.514. The Morgan fingerprint density at radius 3 is 1.88 bits per heavy atom. The van der Waals surface area contributed by atoms with E-state index >= 15 is 0 Å². The van der Waals surface area contributed by atoms with Crippen LogP contribution in [-0.2, 0) is 10.2 Å². The SMILES string of the molecule is [CH2]NS(=O)(=O)N(C)C. The van der Waals surface area contributed by atoms with Crippen LogP contribution >= 0.6 is 0 Å². The van der Waals surface area contributed by atoms with Crippen LogP contribution in [0.15, 0.2) is 0 Å². The molecule has 0 bridgehead atoms. The van der Waals surface area contributed by atoms with Gasteiger partial charge in [-0.1, -0.05) is 0 Å². The molecule has 0 rings (SSSR count). The summed E-state index contributed by atoms with van der Waals surface area (Å²) in [5.41, 5.74) is 0. The molecule has 0 spiro atoms. The molecule has 0 saturated carbocycles. The van der Waals surface area contributed by atoms with Gasteiger partial charge in [0.2, 0.25) is 0 Å². The van der Waals surface area contributed by atoms with Gasteiger partial charge in [-0.25, -0.2) is 4.72 Å². The molecule has 0 aliphatic carbocycles. The fraction of sp³-hybridized carbons (Fsp3) is 0.667. The zero-order valence-electron chi connectivity index (χ0n) is 4.88. The Bertz CT molecular complexity index is 149. The summed E-state index contributed by atoms with van der Waals surface area (Å²) in [6, 6.07) is 0. The second-order valence-corrected chi connectivity index (χ2v) is 3.40. The molecule has 0 atom stereocenters. The average molecular weight is 137 g/mol. The third-order valence-corrected chi connectivity index (χ3v) is 1.99. The van der Waals surface area contributed by atoms with E-state index in [1.807, 2.05) is 4.72 Å². The van der Waals surface area contributed by atoms with Crippen LogP contribution < -0.4 is 4.72 Å². The van der Waals surface area contributed by atoms with Crippen molar-refractivity contribution in [3.63, 3.8) is 0 Å². The van der Waals surface area contributed by atoms with E-state index in [4.69, 9.17) is 0 Å². The molecule has 0 amide bonds. The Morgan fingerprint density at radius 2 is 1.88 bits per heavy atom. The Labute approximate surface area is 49.7 Å². The zero-order valence-corrected chi connectivity index (χ0v) is 5.70. The summed E-state index contributed by atoms with van der Waals surface area (Å²) >= 11 is 0. The molecule has 4 nitrogen and oxygen atoms in total. The van der Waals surface area contributed by atoms with E-state index in [-0.39, 0.29) is 0 Å². The molecular formula is C3H9N2O2S. The van der Waals surface area contributed by atoms with Crippen molar-refractivity contribution in [1.29, 1.82) is 0 Å². The summed E-state index contributed by atoms with van der Waals surface area (Å²) < 4.78 is 23.8. The first-order valence-electron chi connectivity index (χ1n) is 1.97. The van der Waals surface area contributed by atoms with Crippen LogP contribution in [-0.4, -0.2) is 26.8 Å². The summed E-state index contributed by atoms with van der Waals surface area (Å²) in [5.74, 6) is 0. The molecule has 1 radical (unpaired) electrons. The van der Waals surface area contributed by atoms with E-state index in [2.05, 4.69) is 7.05 Å². The van der Waals surface area contributed by atoms with Gasteiger partial charge in [0.25, 0.3) is 10.2 Å². The van der Waals surface area contributed by atoms with Crippen LogP contribution in [0.2, 0.25) is 0 Å². The molecule has 0 fully saturated rings. The third kappa shape index (κ3) is 1.77. The molecule has 0 aliphatic heterocycles. The first-order chi connectivity index (χ1) is 3.50. The molecule has 1 N–H and O–H groups in total. The summed E-state index contributed by atoms with van der Waals surface area (Å²) in [7, 11) is 2.58. The number of nitrogens with one attached hydrogen (secondary N) is 1. The second kappa shape index (κ2) is 2.43. The Morgan fingerprint density at radius 1 is 1.50 bits per heavy atom. The molecule has 49 valence electrons. The first-order valence-corrected chi connectivity index (χ1v) is 3.41. The van der Waals surface area contributed by atoms with E-state index in [0.29, 0.717) is 0 Å². The topological polar surface area (TPSA) is 49.4 Å². The highest BCUT2D eigenvalue weighted by molar-refractivity contribution is 7.87. The molecule has 0 aromatic heterocycles. The maximum absolute atomic E-state index is 10.5. The molecule has 5 heteroatoms. The van der Waals surface area contributed by atoms with Crippen molar-refractivity contribution in [3.05, 3.63) is 7.05 Å². The minimum Gasteiger partial charge on any atom is -0.201 e. The van der Waals surface area contributed by atoms with Gasteiger partial charge in [0.05, 0.1) is 0 Å². The van der Waals surface area contributed by atoms with Crippen LogP contribution in [0.3, 0.4) is 0 Å². The highest BCUT2D eigenvalue weighted by Gasteiger charge is 2.07. The third-order valence-electron chi connectivity index (χ3n) is 0.663. The fourth-order valence-corrected chi connectivity index (χ4v) is 0.387. The van der Waals surface area contributed by atoms with Crippen LogP contribution in [0.4, 0.5) is 0 Å². The van der Waals surface area contributed by atoms with Gasteiger partial charge in [0.15, 0.2) is 0 Å². The number of rotatable bonds is 2. The highest BCUT2D eigenvalue weighted by Crippen LogP contribution is 1.83. The predicted octanol–water partition coefficient (Wildman–Crippen LogP) is -0.826. The van der Waals surface area contributed by atoms with Crippen molar-refractivity contribution in [2.24, 2.45) is 0 Å². The minimum atomic E-state index is -3.26. The lowest BCUT2D eigenvalue weighted by Gasteiger charge is -2.07. The maximum Gasteiger partial charge on any atom is 0.278 e. The quantitative estimate of drug-likeness (QED) is 0.540. The van der Waals surface area contributed by atoms with Crippen LogP contribution in [0.25, 0.3) is 0 Å². The molecule has 0 saturated heterocycles. The number of nitrogens with zero attached hydrogens (tertiary/aromatic N) is 1. The van der Waals surface area contributed by atoms with Crippen molar-refractivity contribution in [2.75, 3.05) is 14.1 Å². The van der Waals surface area contributed by atoms with Crippen LogP contribution in [0.5, 0.6) is 0 Å². The summed E-state index contributed by atoms with van der Waals surface area (Å²) in [5, 5.41) is 0. The van der Waals surface area contributed by atoms with Crippen molar-refractivity contribution in [3.8, 4) is 0 Å². The normalized spacial score (nSPS) is 12.5. The van der Waals surface area contributed by atoms with Crippen molar-refractivity contribution in [2.45, 2.75) is 0 Å². The fourth-order valence-electron chi connectivity index (χ4n) is 0.129. The summed E-state index contributed by atoms with van der Waals surface area (Å²) in [4.78, 5) is 0. The number of hydrogen-bond acceptors (Lipinski definition) is 2. The van der Waals surface area contributed by atoms with E-state index in [0.717, 1.165) is 4.31 Å². The van der Waals surface area contributed by atoms with E-state index in [1.165, 1.54) is 14.1 Å². The lowest BCUT2D eigenvalue weighted by atomic mass is 11.3. The van der Waals surface area contributed by atoms with Gasteiger partial charge in [-0.2, -0.15) is 12.7 Å².